The Labute approximate surface area is 87.7 Å². The molecule has 0 aromatic carbocycles. The summed E-state index contributed by atoms with van der Waals surface area (Å²) < 4.78 is 0. The molecule has 3 N–H and O–H groups in total. The van der Waals surface area contributed by atoms with Crippen molar-refractivity contribution in [2.24, 2.45) is 0 Å². The monoisotopic (exact) mass is 206 g/mol. The van der Waals surface area contributed by atoms with Crippen LogP contribution in [0.5, 0.6) is 0 Å². The summed E-state index contributed by atoms with van der Waals surface area (Å²) in [4.78, 5) is 8.02. The summed E-state index contributed by atoms with van der Waals surface area (Å²) in [6.45, 7) is 0.703. The highest BCUT2D eigenvalue weighted by atomic mass is 15.4. The molecule has 0 atom stereocenters. The largest absolute Gasteiger partial charge is 0.364 e. The Morgan fingerprint density at radius 3 is 2.87 bits per heavy atom. The van der Waals surface area contributed by atoms with Crippen LogP contribution in [0.3, 0.4) is 0 Å². The average molecular weight is 206 g/mol. The summed E-state index contributed by atoms with van der Waals surface area (Å²) in [6.07, 6.45) is 1.89. The van der Waals surface area contributed by atoms with Crippen LogP contribution in [0.4, 0.5) is 11.9 Å². The van der Waals surface area contributed by atoms with Gasteiger partial charge in [-0.15, -0.1) is 10.2 Å². The maximum absolute atomic E-state index is 3.96. The summed E-state index contributed by atoms with van der Waals surface area (Å²) in [5.74, 6) is 1.41. The Morgan fingerprint density at radius 2 is 2.27 bits per heavy atom. The molecule has 0 aliphatic rings. The highest BCUT2D eigenvalue weighted by molar-refractivity contribution is 5.35. The second-order valence-electron chi connectivity index (χ2n) is 3.44. The molecule has 0 spiro atoms. The predicted octanol–water partition coefficient (Wildman–Crippen LogP) is 0.811. The van der Waals surface area contributed by atoms with Crippen LogP contribution in [0.15, 0.2) is 18.3 Å². The van der Waals surface area contributed by atoms with E-state index < -0.39 is 0 Å². The van der Waals surface area contributed by atoms with Gasteiger partial charge in [-0.05, 0) is 12.1 Å². The number of rotatable bonds is 4. The first-order chi connectivity index (χ1) is 7.25. The highest BCUT2D eigenvalue weighted by Gasteiger charge is 2.03. The van der Waals surface area contributed by atoms with E-state index in [-0.39, 0.29) is 0 Å². The van der Waals surface area contributed by atoms with Crippen LogP contribution in [0, 0.1) is 0 Å². The number of H-pyrrole nitrogens is 2. The molecule has 2 aromatic rings. The van der Waals surface area contributed by atoms with Crippen molar-refractivity contribution in [1.29, 1.82) is 0 Å². The zero-order valence-corrected chi connectivity index (χ0v) is 8.78. The van der Waals surface area contributed by atoms with Gasteiger partial charge in [0, 0.05) is 26.0 Å². The lowest BCUT2D eigenvalue weighted by Gasteiger charge is -2.05. The maximum atomic E-state index is 3.96. The zero-order chi connectivity index (χ0) is 10.7. The van der Waals surface area contributed by atoms with Crippen LogP contribution in [-0.4, -0.2) is 34.3 Å². The molecule has 2 rings (SSSR count). The number of aromatic amines is 2. The number of nitrogens with one attached hydrogen (secondary N) is 3. The van der Waals surface area contributed by atoms with E-state index in [1.54, 1.807) is 0 Å². The van der Waals surface area contributed by atoms with Crippen molar-refractivity contribution in [1.82, 2.24) is 20.2 Å². The molecule has 0 bridgehead atoms. The molecule has 15 heavy (non-hydrogen) atoms. The van der Waals surface area contributed by atoms with Gasteiger partial charge in [-0.25, -0.2) is 0 Å². The molecule has 0 radical (unpaired) electrons. The minimum Gasteiger partial charge on any atom is -0.364 e. The molecule has 0 unspecified atom stereocenters. The van der Waals surface area contributed by atoms with Gasteiger partial charge < -0.3 is 15.2 Å². The van der Waals surface area contributed by atoms with Gasteiger partial charge in [-0.2, -0.15) is 0 Å². The topological polar surface area (TPSA) is 72.6 Å². The lowest BCUT2D eigenvalue weighted by Crippen LogP contribution is -2.10. The average Bonchev–Trinajstić information content (AvgIpc) is 2.86. The minimum atomic E-state index is 0.674. The van der Waals surface area contributed by atoms with Gasteiger partial charge >= 0.3 is 0 Å². The number of hydrogen-bond donors (Lipinski definition) is 3. The lowest BCUT2D eigenvalue weighted by molar-refractivity contribution is 0.993. The summed E-state index contributed by atoms with van der Waals surface area (Å²) in [5.41, 5.74) is 1.11. The van der Waals surface area contributed by atoms with E-state index in [0.29, 0.717) is 12.5 Å². The van der Waals surface area contributed by atoms with E-state index in [2.05, 4.69) is 25.5 Å². The van der Waals surface area contributed by atoms with E-state index in [9.17, 15) is 0 Å². The smallest absolute Gasteiger partial charge is 0.225 e. The van der Waals surface area contributed by atoms with E-state index in [0.717, 1.165) is 11.6 Å². The van der Waals surface area contributed by atoms with E-state index in [1.165, 1.54) is 0 Å². The van der Waals surface area contributed by atoms with E-state index >= 15 is 0 Å². The third kappa shape index (κ3) is 2.28. The van der Waals surface area contributed by atoms with Crippen molar-refractivity contribution in [2.45, 2.75) is 6.54 Å². The summed E-state index contributed by atoms with van der Waals surface area (Å²) in [6, 6.07) is 3.97. The first-order valence-electron chi connectivity index (χ1n) is 4.72. The fourth-order valence-corrected chi connectivity index (χ4v) is 1.19. The minimum absolute atomic E-state index is 0.674. The van der Waals surface area contributed by atoms with E-state index in [1.807, 2.05) is 37.3 Å². The molecule has 6 nitrogen and oxygen atoms in total. The van der Waals surface area contributed by atoms with Gasteiger partial charge in [-0.1, -0.05) is 0 Å². The van der Waals surface area contributed by atoms with Crippen molar-refractivity contribution in [3.63, 3.8) is 0 Å². The molecule has 0 amide bonds. The molecular weight excluding hydrogens is 192 g/mol. The SMILES string of the molecule is CN(C)c1nnc(NCc2ccc[nH]2)[nH]1. The van der Waals surface area contributed by atoms with Gasteiger partial charge in [0.05, 0.1) is 6.54 Å². The molecule has 2 aromatic heterocycles. The van der Waals surface area contributed by atoms with Gasteiger partial charge in [0.1, 0.15) is 0 Å². The van der Waals surface area contributed by atoms with Gasteiger partial charge in [0.2, 0.25) is 11.9 Å². The van der Waals surface area contributed by atoms with Crippen LogP contribution >= 0.6 is 0 Å². The van der Waals surface area contributed by atoms with Crippen LogP contribution in [0.25, 0.3) is 0 Å². The summed E-state index contributed by atoms with van der Waals surface area (Å²) >= 11 is 0. The first kappa shape index (κ1) is 9.57. The summed E-state index contributed by atoms with van der Waals surface area (Å²) in [5, 5.41) is 11.1. The fourth-order valence-electron chi connectivity index (χ4n) is 1.19. The molecule has 0 aliphatic carbocycles. The first-order valence-corrected chi connectivity index (χ1v) is 4.72. The third-order valence-electron chi connectivity index (χ3n) is 2.01. The maximum Gasteiger partial charge on any atom is 0.225 e. The second kappa shape index (κ2) is 4.04. The molecule has 80 valence electrons. The number of hydrogen-bond acceptors (Lipinski definition) is 4. The Kier molecular flexibility index (Phi) is 2.57. The third-order valence-corrected chi connectivity index (χ3v) is 2.01. The molecular formula is C9H14N6. The quantitative estimate of drug-likeness (QED) is 0.692. The van der Waals surface area contributed by atoms with Crippen LogP contribution in [0.2, 0.25) is 0 Å². The molecule has 2 heterocycles. The lowest BCUT2D eigenvalue weighted by atomic mass is 10.4. The predicted molar refractivity (Wildman–Crippen MR) is 58.8 cm³/mol. The second-order valence-corrected chi connectivity index (χ2v) is 3.44. The van der Waals surface area contributed by atoms with Crippen LogP contribution in [-0.2, 0) is 6.54 Å². The number of anilines is 2. The van der Waals surface area contributed by atoms with Crippen LogP contribution < -0.4 is 10.2 Å². The molecule has 0 aliphatic heterocycles. The van der Waals surface area contributed by atoms with Crippen molar-refractivity contribution in [3.8, 4) is 0 Å². The normalized spacial score (nSPS) is 10.3. The fraction of sp³-hybridized carbons (Fsp3) is 0.333. The zero-order valence-electron chi connectivity index (χ0n) is 8.78. The Bertz CT molecular complexity index is 402. The Balaban J connectivity index is 1.94. The van der Waals surface area contributed by atoms with Crippen molar-refractivity contribution < 1.29 is 0 Å². The van der Waals surface area contributed by atoms with Crippen molar-refractivity contribution in [2.75, 3.05) is 24.3 Å². The molecule has 0 saturated carbocycles. The molecule has 6 heteroatoms. The van der Waals surface area contributed by atoms with Gasteiger partial charge in [0.25, 0.3) is 0 Å². The van der Waals surface area contributed by atoms with Gasteiger partial charge in [-0.3, -0.25) is 4.98 Å². The van der Waals surface area contributed by atoms with Gasteiger partial charge in [0.15, 0.2) is 0 Å². The highest BCUT2D eigenvalue weighted by Crippen LogP contribution is 2.06. The Hall–Kier alpha value is -1.98. The number of nitrogens with zero attached hydrogens (tertiary/aromatic N) is 3. The van der Waals surface area contributed by atoms with Crippen molar-refractivity contribution >= 4 is 11.9 Å². The standard InChI is InChI=1S/C9H14N6/c1-15(2)9-12-8(13-14-9)11-6-7-4-3-5-10-7/h3-5,10H,6H2,1-2H3,(H2,11,12,13,14). The summed E-state index contributed by atoms with van der Waals surface area (Å²) in [7, 11) is 3.82. The molecule has 0 fully saturated rings. The Morgan fingerprint density at radius 1 is 1.40 bits per heavy atom. The van der Waals surface area contributed by atoms with E-state index in [4.69, 9.17) is 0 Å². The van der Waals surface area contributed by atoms with Crippen LogP contribution in [0.1, 0.15) is 5.69 Å². The number of aromatic nitrogens is 4. The molecule has 0 saturated heterocycles. The van der Waals surface area contributed by atoms with Crippen molar-refractivity contribution in [3.05, 3.63) is 24.0 Å².